The highest BCUT2D eigenvalue weighted by molar-refractivity contribution is 7.54. The Morgan fingerprint density at radius 3 is 1.76 bits per heavy atom. The summed E-state index contributed by atoms with van der Waals surface area (Å²) in [5, 5.41) is 21.9. The lowest BCUT2D eigenvalue weighted by atomic mass is 9.75. The molecule has 0 spiro atoms. The minimum atomic E-state index is -5.09. The molecule has 2 unspecified atom stereocenters. The van der Waals surface area contributed by atoms with Crippen molar-refractivity contribution in [3.05, 3.63) is 156 Å². The second kappa shape index (κ2) is 13.5. The Kier molecular flexibility index (Phi) is 9.63. The molecular weight excluding hydrogens is 667 g/mol. The van der Waals surface area contributed by atoms with Crippen LogP contribution in [0.5, 0.6) is 0 Å². The van der Waals surface area contributed by atoms with Gasteiger partial charge in [0.05, 0.1) is 16.7 Å². The third kappa shape index (κ3) is 7.04. The van der Waals surface area contributed by atoms with Crippen molar-refractivity contribution in [2.45, 2.75) is 70.1 Å². The maximum atomic E-state index is 16.5. The van der Waals surface area contributed by atoms with Crippen molar-refractivity contribution < 1.29 is 27.5 Å². The number of fused-ring (bicyclic) bond motifs is 1. The van der Waals surface area contributed by atoms with Crippen LogP contribution in [0.15, 0.2) is 133 Å². The molecular formula is C41H42F2N3O4P. The molecule has 6 aromatic rings. The third-order valence-corrected chi connectivity index (χ3v) is 10.9. The number of nitrogens with zero attached hydrogens (tertiary/aromatic N) is 3. The molecule has 0 saturated heterocycles. The van der Waals surface area contributed by atoms with Crippen LogP contribution in [0.3, 0.4) is 0 Å². The summed E-state index contributed by atoms with van der Waals surface area (Å²) in [4.78, 5) is 0. The molecule has 10 heteroatoms. The van der Waals surface area contributed by atoms with Crippen LogP contribution >= 0.6 is 7.60 Å². The van der Waals surface area contributed by atoms with E-state index in [1.165, 1.54) is 24.3 Å². The van der Waals surface area contributed by atoms with Crippen molar-refractivity contribution in [1.82, 2.24) is 15.0 Å². The molecule has 6 rings (SSSR count). The smallest absolute Gasteiger partial charge is 0.385 e. The molecule has 5 aromatic carbocycles. The lowest BCUT2D eigenvalue weighted by Crippen LogP contribution is -2.43. The number of hydrogen-bond donors (Lipinski definition) is 1. The normalized spacial score (nSPS) is 14.7. The van der Waals surface area contributed by atoms with Crippen LogP contribution < -0.4 is 0 Å². The third-order valence-electron chi connectivity index (χ3n) is 8.41. The van der Waals surface area contributed by atoms with Crippen molar-refractivity contribution >= 4 is 18.6 Å². The molecule has 0 aliphatic rings. The Balaban J connectivity index is 1.59. The molecule has 1 heterocycles. The summed E-state index contributed by atoms with van der Waals surface area (Å²) in [6.07, 6.45) is -1.31. The van der Waals surface area contributed by atoms with Crippen molar-refractivity contribution in [3.63, 3.8) is 0 Å². The van der Waals surface area contributed by atoms with E-state index in [1.54, 1.807) is 46.2 Å². The second-order valence-electron chi connectivity index (χ2n) is 14.5. The Morgan fingerprint density at radius 1 is 0.647 bits per heavy atom. The van der Waals surface area contributed by atoms with Gasteiger partial charge < -0.3 is 5.11 Å². The fourth-order valence-electron chi connectivity index (χ4n) is 6.36. The van der Waals surface area contributed by atoms with Crippen LogP contribution in [0.1, 0.15) is 69.9 Å². The van der Waals surface area contributed by atoms with Crippen LogP contribution in [0.25, 0.3) is 22.2 Å². The van der Waals surface area contributed by atoms with Gasteiger partial charge in [-0.05, 0) is 87.6 Å². The number of rotatable bonds is 10. The number of alkyl halides is 2. The predicted molar refractivity (Wildman–Crippen MR) is 197 cm³/mol. The first-order valence-electron chi connectivity index (χ1n) is 16.8. The lowest BCUT2D eigenvalue weighted by Gasteiger charge is -2.40. The van der Waals surface area contributed by atoms with Gasteiger partial charge in [-0.3, -0.25) is 13.6 Å². The van der Waals surface area contributed by atoms with Gasteiger partial charge in [-0.25, -0.2) is 4.68 Å². The summed E-state index contributed by atoms with van der Waals surface area (Å²) in [6, 6.07) is 39.5. The van der Waals surface area contributed by atoms with Gasteiger partial charge in [0, 0.05) is 5.56 Å². The van der Waals surface area contributed by atoms with Crippen molar-refractivity contribution in [2.24, 2.45) is 0 Å². The van der Waals surface area contributed by atoms with Gasteiger partial charge >= 0.3 is 13.3 Å². The first-order valence-corrected chi connectivity index (χ1v) is 18.3. The van der Waals surface area contributed by atoms with E-state index < -0.39 is 41.7 Å². The van der Waals surface area contributed by atoms with Gasteiger partial charge in [0.15, 0.2) is 0 Å². The molecule has 2 atom stereocenters. The molecule has 0 radical (unpaired) electrons. The number of hydrogen-bond acceptors (Lipinski definition) is 6. The van der Waals surface area contributed by atoms with Gasteiger partial charge in [-0.2, -0.15) is 8.78 Å². The molecule has 0 fully saturated rings. The van der Waals surface area contributed by atoms with Crippen LogP contribution in [0.2, 0.25) is 0 Å². The first kappa shape index (κ1) is 36.3. The second-order valence-corrected chi connectivity index (χ2v) is 16.5. The van der Waals surface area contributed by atoms with Crippen LogP contribution in [0, 0.1) is 0 Å². The SMILES string of the molecule is CC(C)(C)OP(=O)(OC(C)(C)C)C(F)(F)c1ccc(C(c2ccccc2)(C(O)c2cccc(-c3ccccc3)c2)n2nnc3ccccc32)cc1. The molecule has 0 bridgehead atoms. The number of aliphatic hydroxyl groups is 1. The number of aromatic nitrogens is 3. The molecule has 0 amide bonds. The largest absolute Gasteiger partial charge is 0.405 e. The quantitative estimate of drug-likeness (QED) is 0.143. The van der Waals surface area contributed by atoms with Crippen LogP contribution in [-0.2, 0) is 24.8 Å². The minimum absolute atomic E-state index is 0.435. The van der Waals surface area contributed by atoms with E-state index in [0.29, 0.717) is 27.7 Å². The van der Waals surface area contributed by atoms with Crippen molar-refractivity contribution in [3.8, 4) is 11.1 Å². The summed E-state index contributed by atoms with van der Waals surface area (Å²) in [5.41, 5.74) is -3.79. The highest BCUT2D eigenvalue weighted by Gasteiger charge is 2.58. The van der Waals surface area contributed by atoms with Crippen molar-refractivity contribution in [2.75, 3.05) is 0 Å². The maximum Gasteiger partial charge on any atom is 0.405 e. The fraction of sp³-hybridized carbons (Fsp3) is 0.268. The van der Waals surface area contributed by atoms with Gasteiger partial charge in [-0.15, -0.1) is 5.10 Å². The standard InChI is InChI=1S/C41H42F2N3O4P/c1-38(2,3)49-51(48,50-39(4,5)6)41(42,43)34-26-24-33(25-27-34)40(32-20-11-8-12-21-32,46-36-23-14-13-22-35(36)44-45-46)37(47)31-19-15-18-30(28-31)29-16-9-7-10-17-29/h7-28,37,47H,1-6H3. The Morgan fingerprint density at radius 2 is 1.16 bits per heavy atom. The van der Waals surface area contributed by atoms with Crippen molar-refractivity contribution in [1.29, 1.82) is 0 Å². The average molecular weight is 710 g/mol. The highest BCUT2D eigenvalue weighted by Crippen LogP contribution is 2.70. The van der Waals surface area contributed by atoms with Gasteiger partial charge in [-0.1, -0.05) is 120 Å². The lowest BCUT2D eigenvalue weighted by molar-refractivity contribution is -0.0213. The van der Waals surface area contributed by atoms with E-state index in [-0.39, 0.29) is 0 Å². The summed E-state index contributed by atoms with van der Waals surface area (Å²) in [5.74, 6) is 0. The number of halogens is 2. The molecule has 7 nitrogen and oxygen atoms in total. The van der Waals surface area contributed by atoms with Gasteiger partial charge in [0.25, 0.3) is 0 Å². The highest BCUT2D eigenvalue weighted by atomic mass is 31.2. The van der Waals surface area contributed by atoms with Gasteiger partial charge in [0.1, 0.15) is 17.2 Å². The number of para-hydroxylation sites is 1. The predicted octanol–water partition coefficient (Wildman–Crippen LogP) is 10.5. The summed E-state index contributed by atoms with van der Waals surface area (Å²) < 4.78 is 59.9. The molecule has 1 N–H and O–H groups in total. The first-order chi connectivity index (χ1) is 24.1. The monoisotopic (exact) mass is 709 g/mol. The summed E-state index contributed by atoms with van der Waals surface area (Å²) in [7, 11) is -5.09. The number of benzene rings is 5. The average Bonchev–Trinajstić information content (AvgIpc) is 3.52. The molecule has 0 aliphatic carbocycles. The molecule has 1 aromatic heterocycles. The zero-order chi connectivity index (χ0) is 36.7. The topological polar surface area (TPSA) is 86.5 Å². The Labute approximate surface area is 297 Å². The van der Waals surface area contributed by atoms with E-state index in [2.05, 4.69) is 10.3 Å². The molecule has 51 heavy (non-hydrogen) atoms. The minimum Gasteiger partial charge on any atom is -0.385 e. The van der Waals surface area contributed by atoms with E-state index in [4.69, 9.17) is 9.05 Å². The fourth-order valence-corrected chi connectivity index (χ4v) is 8.54. The van der Waals surface area contributed by atoms with E-state index >= 15 is 8.78 Å². The Hall–Kier alpha value is -4.53. The Bertz CT molecular complexity index is 2140. The number of aliphatic hydroxyl groups excluding tert-OH is 1. The van der Waals surface area contributed by atoms with Gasteiger partial charge in [0.2, 0.25) is 0 Å². The summed E-state index contributed by atoms with van der Waals surface area (Å²) >= 11 is 0. The zero-order valence-electron chi connectivity index (χ0n) is 29.5. The molecule has 0 saturated carbocycles. The molecule has 264 valence electrons. The van der Waals surface area contributed by atoms with E-state index in [0.717, 1.165) is 11.1 Å². The van der Waals surface area contributed by atoms with Crippen LogP contribution in [-0.4, -0.2) is 31.3 Å². The summed E-state index contributed by atoms with van der Waals surface area (Å²) in [6.45, 7) is 9.31. The van der Waals surface area contributed by atoms with E-state index in [9.17, 15) is 9.67 Å². The zero-order valence-corrected chi connectivity index (χ0v) is 30.4. The van der Waals surface area contributed by atoms with E-state index in [1.807, 2.05) is 109 Å². The maximum absolute atomic E-state index is 16.5. The molecule has 0 aliphatic heterocycles. The van der Waals surface area contributed by atoms with Crippen LogP contribution in [0.4, 0.5) is 8.78 Å².